The standard InChI is InChI=1S/C19H21N5O2S/c1-16-4-6-17(7-5-16)8-13-27(25,26)23-10-9-20-18-14-19(22-15-21-18)24-11-2-3-12-24/h2-8,11-15,23H,9-10H2,1H3,(H,20,21,22)/b13-8+. The monoisotopic (exact) mass is 383 g/mol. The molecule has 27 heavy (non-hydrogen) atoms. The third-order valence-corrected chi connectivity index (χ3v) is 4.87. The van der Waals surface area contributed by atoms with Gasteiger partial charge in [-0.3, -0.25) is 0 Å². The second-order valence-corrected chi connectivity index (χ2v) is 7.58. The van der Waals surface area contributed by atoms with E-state index in [-0.39, 0.29) is 6.54 Å². The highest BCUT2D eigenvalue weighted by Crippen LogP contribution is 2.09. The molecule has 0 aliphatic heterocycles. The van der Waals surface area contributed by atoms with Crippen molar-refractivity contribution < 1.29 is 8.42 Å². The van der Waals surface area contributed by atoms with Crippen molar-refractivity contribution in [1.29, 1.82) is 0 Å². The molecule has 2 N–H and O–H groups in total. The van der Waals surface area contributed by atoms with Gasteiger partial charge in [0.25, 0.3) is 0 Å². The molecule has 0 atom stereocenters. The molecule has 3 aromatic rings. The summed E-state index contributed by atoms with van der Waals surface area (Å²) >= 11 is 0. The van der Waals surface area contributed by atoms with E-state index < -0.39 is 10.0 Å². The predicted molar refractivity (Wildman–Crippen MR) is 107 cm³/mol. The molecular formula is C19H21N5O2S. The smallest absolute Gasteiger partial charge is 0.233 e. The van der Waals surface area contributed by atoms with Crippen molar-refractivity contribution in [2.45, 2.75) is 6.92 Å². The lowest BCUT2D eigenvalue weighted by atomic mass is 10.2. The van der Waals surface area contributed by atoms with E-state index in [0.717, 1.165) is 16.9 Å². The van der Waals surface area contributed by atoms with Crippen LogP contribution < -0.4 is 10.0 Å². The van der Waals surface area contributed by atoms with Gasteiger partial charge in [0.2, 0.25) is 10.0 Å². The molecule has 0 bridgehead atoms. The van der Waals surface area contributed by atoms with Crippen LogP contribution in [0.5, 0.6) is 0 Å². The maximum Gasteiger partial charge on any atom is 0.233 e. The molecule has 0 aliphatic carbocycles. The Balaban J connectivity index is 1.49. The predicted octanol–water partition coefficient (Wildman–Crippen LogP) is 2.58. The summed E-state index contributed by atoms with van der Waals surface area (Å²) < 4.78 is 28.5. The lowest BCUT2D eigenvalue weighted by molar-refractivity contribution is 0.592. The molecule has 0 unspecified atom stereocenters. The van der Waals surface area contributed by atoms with Crippen LogP contribution in [-0.4, -0.2) is 36.0 Å². The number of hydrogen-bond donors (Lipinski definition) is 2. The number of sulfonamides is 1. The van der Waals surface area contributed by atoms with Crippen LogP contribution in [0.25, 0.3) is 11.9 Å². The highest BCUT2D eigenvalue weighted by atomic mass is 32.2. The highest BCUT2D eigenvalue weighted by Gasteiger charge is 2.05. The Hall–Kier alpha value is -2.97. The van der Waals surface area contributed by atoms with Gasteiger partial charge in [0, 0.05) is 37.0 Å². The van der Waals surface area contributed by atoms with Gasteiger partial charge < -0.3 is 9.88 Å². The Bertz CT molecular complexity index is 997. The summed E-state index contributed by atoms with van der Waals surface area (Å²) in [4.78, 5) is 8.34. The summed E-state index contributed by atoms with van der Waals surface area (Å²) in [7, 11) is -3.50. The quantitative estimate of drug-likeness (QED) is 0.584. The molecule has 8 heteroatoms. The van der Waals surface area contributed by atoms with Gasteiger partial charge in [0.15, 0.2) is 0 Å². The minimum Gasteiger partial charge on any atom is -0.369 e. The Morgan fingerprint density at radius 2 is 1.81 bits per heavy atom. The van der Waals surface area contributed by atoms with Crippen molar-refractivity contribution >= 4 is 21.9 Å². The van der Waals surface area contributed by atoms with Crippen molar-refractivity contribution in [1.82, 2.24) is 19.3 Å². The number of nitrogens with zero attached hydrogens (tertiary/aromatic N) is 3. The average molecular weight is 383 g/mol. The van der Waals surface area contributed by atoms with E-state index in [9.17, 15) is 8.42 Å². The fourth-order valence-corrected chi connectivity index (χ4v) is 3.17. The second-order valence-electron chi connectivity index (χ2n) is 5.93. The largest absolute Gasteiger partial charge is 0.369 e. The normalized spacial score (nSPS) is 11.7. The maximum atomic E-state index is 12.0. The highest BCUT2D eigenvalue weighted by molar-refractivity contribution is 7.92. The molecule has 1 aromatic carbocycles. The topological polar surface area (TPSA) is 88.9 Å². The van der Waals surface area contributed by atoms with Crippen molar-refractivity contribution in [3.05, 3.63) is 77.7 Å². The van der Waals surface area contributed by atoms with Gasteiger partial charge in [0.05, 0.1) is 0 Å². The molecule has 0 aliphatic rings. The number of aromatic nitrogens is 3. The van der Waals surface area contributed by atoms with Crippen LogP contribution in [-0.2, 0) is 10.0 Å². The molecule has 7 nitrogen and oxygen atoms in total. The molecule has 0 fully saturated rings. The van der Waals surface area contributed by atoms with E-state index in [4.69, 9.17) is 0 Å². The SMILES string of the molecule is Cc1ccc(/C=C/S(=O)(=O)NCCNc2cc(-n3cccc3)ncn2)cc1. The fraction of sp³-hybridized carbons (Fsp3) is 0.158. The van der Waals surface area contributed by atoms with Crippen molar-refractivity contribution in [3.8, 4) is 5.82 Å². The van der Waals surface area contributed by atoms with E-state index in [1.807, 2.05) is 60.3 Å². The van der Waals surface area contributed by atoms with E-state index in [0.29, 0.717) is 12.4 Å². The minimum absolute atomic E-state index is 0.240. The zero-order chi connectivity index (χ0) is 19.1. The zero-order valence-corrected chi connectivity index (χ0v) is 15.7. The van der Waals surface area contributed by atoms with Gasteiger partial charge in [-0.05, 0) is 30.7 Å². The lowest BCUT2D eigenvalue weighted by Crippen LogP contribution is -2.27. The van der Waals surface area contributed by atoms with E-state index in [1.54, 1.807) is 12.1 Å². The Morgan fingerprint density at radius 1 is 1.07 bits per heavy atom. The zero-order valence-electron chi connectivity index (χ0n) is 14.9. The number of rotatable bonds is 8. The summed E-state index contributed by atoms with van der Waals surface area (Å²) in [6, 6.07) is 13.2. The summed E-state index contributed by atoms with van der Waals surface area (Å²) in [5.41, 5.74) is 1.96. The first-order chi connectivity index (χ1) is 13.0. The molecule has 0 saturated heterocycles. The number of hydrogen-bond acceptors (Lipinski definition) is 5. The molecule has 3 rings (SSSR count). The summed E-state index contributed by atoms with van der Waals surface area (Å²) in [6.45, 7) is 2.63. The number of nitrogens with one attached hydrogen (secondary N) is 2. The van der Waals surface area contributed by atoms with Gasteiger partial charge in [-0.2, -0.15) is 0 Å². The molecule has 0 amide bonds. The molecule has 0 saturated carbocycles. The van der Waals surface area contributed by atoms with Crippen molar-refractivity contribution in [3.63, 3.8) is 0 Å². The summed E-state index contributed by atoms with van der Waals surface area (Å²) in [5.74, 6) is 1.36. The fourth-order valence-electron chi connectivity index (χ4n) is 2.35. The van der Waals surface area contributed by atoms with Crippen molar-refractivity contribution in [2.75, 3.05) is 18.4 Å². The van der Waals surface area contributed by atoms with Crippen LogP contribution in [0.3, 0.4) is 0 Å². The van der Waals surface area contributed by atoms with E-state index >= 15 is 0 Å². The van der Waals surface area contributed by atoms with Gasteiger partial charge in [-0.15, -0.1) is 0 Å². The number of anilines is 1. The summed E-state index contributed by atoms with van der Waals surface area (Å²) in [5, 5.41) is 4.26. The van der Waals surface area contributed by atoms with E-state index in [2.05, 4.69) is 20.0 Å². The van der Waals surface area contributed by atoms with Gasteiger partial charge >= 0.3 is 0 Å². The van der Waals surface area contributed by atoms with Crippen LogP contribution in [0.2, 0.25) is 0 Å². The Kier molecular flexibility index (Phi) is 6.00. The first-order valence-corrected chi connectivity index (χ1v) is 10.0. The average Bonchev–Trinajstić information content (AvgIpc) is 3.20. The first kappa shape index (κ1) is 18.8. The third kappa shape index (κ3) is 5.77. The van der Waals surface area contributed by atoms with E-state index in [1.165, 1.54) is 11.7 Å². The molecular weight excluding hydrogens is 362 g/mol. The third-order valence-electron chi connectivity index (χ3n) is 3.77. The maximum absolute atomic E-state index is 12.0. The van der Waals surface area contributed by atoms with Crippen molar-refractivity contribution in [2.24, 2.45) is 0 Å². The Labute approximate surface area is 158 Å². The number of aryl methyl sites for hydroxylation is 1. The molecule has 0 radical (unpaired) electrons. The first-order valence-electron chi connectivity index (χ1n) is 8.45. The molecule has 2 aromatic heterocycles. The lowest BCUT2D eigenvalue weighted by Gasteiger charge is -2.08. The molecule has 0 spiro atoms. The Morgan fingerprint density at radius 3 is 2.56 bits per heavy atom. The van der Waals surface area contributed by atoms with Crippen LogP contribution in [0.4, 0.5) is 5.82 Å². The molecule has 2 heterocycles. The van der Waals surface area contributed by atoms with Crippen LogP contribution in [0, 0.1) is 6.92 Å². The van der Waals surface area contributed by atoms with Crippen LogP contribution in [0.15, 0.2) is 66.6 Å². The van der Waals surface area contributed by atoms with Gasteiger partial charge in [-0.25, -0.2) is 23.1 Å². The second kappa shape index (κ2) is 8.61. The number of benzene rings is 1. The van der Waals surface area contributed by atoms with Crippen LogP contribution in [0.1, 0.15) is 11.1 Å². The summed E-state index contributed by atoms with van der Waals surface area (Å²) in [6.07, 6.45) is 6.82. The minimum atomic E-state index is -3.50. The molecule has 140 valence electrons. The van der Waals surface area contributed by atoms with Crippen LogP contribution >= 0.6 is 0 Å². The van der Waals surface area contributed by atoms with Gasteiger partial charge in [0.1, 0.15) is 18.0 Å². The van der Waals surface area contributed by atoms with Gasteiger partial charge in [-0.1, -0.05) is 29.8 Å².